The van der Waals surface area contributed by atoms with E-state index in [1.54, 1.807) is 0 Å². The third-order valence-corrected chi connectivity index (χ3v) is 2.07. The van der Waals surface area contributed by atoms with Crippen LogP contribution in [-0.4, -0.2) is 4.98 Å². The van der Waals surface area contributed by atoms with Gasteiger partial charge in [0.1, 0.15) is 0 Å². The summed E-state index contributed by atoms with van der Waals surface area (Å²) in [5.41, 5.74) is 3.39. The van der Waals surface area contributed by atoms with E-state index in [1.165, 1.54) is 5.56 Å². The fraction of sp³-hybridized carbons (Fsp3) is 0.364. The van der Waals surface area contributed by atoms with Crippen LogP contribution in [-0.2, 0) is 6.54 Å². The molecule has 1 heterocycles. The normalized spacial score (nSPS) is 9.69. The lowest BCUT2D eigenvalue weighted by Gasteiger charge is -2.08. The van der Waals surface area contributed by atoms with Gasteiger partial charge in [-0.25, -0.2) is 0 Å². The number of nitrogens with zero attached hydrogens (tertiary/aromatic N) is 1. The third kappa shape index (κ3) is 2.90. The van der Waals surface area contributed by atoms with Crippen LogP contribution in [0, 0.1) is 6.92 Å². The monoisotopic (exact) mass is 176 g/mol. The van der Waals surface area contributed by atoms with Crippen molar-refractivity contribution in [2.45, 2.75) is 26.8 Å². The number of allylic oxidation sites excluding steroid dienone is 1. The standard InChI is InChI=1S/C11H16N2/c1-4-9(2)13-8-11-6-5-7-12-10(11)3/h5-7,13H,2,4,8H2,1,3H3. The number of nitrogens with one attached hydrogen (secondary N) is 1. The van der Waals surface area contributed by atoms with Crippen LogP contribution in [0.25, 0.3) is 0 Å². The van der Waals surface area contributed by atoms with Gasteiger partial charge in [0.2, 0.25) is 0 Å². The highest BCUT2D eigenvalue weighted by Gasteiger charge is 1.97. The molecule has 1 N–H and O–H groups in total. The summed E-state index contributed by atoms with van der Waals surface area (Å²) >= 11 is 0. The number of rotatable bonds is 4. The molecule has 0 unspecified atom stereocenters. The van der Waals surface area contributed by atoms with E-state index in [0.29, 0.717) is 0 Å². The highest BCUT2D eigenvalue weighted by molar-refractivity contribution is 5.18. The van der Waals surface area contributed by atoms with Gasteiger partial charge in [0.05, 0.1) is 0 Å². The molecule has 2 nitrogen and oxygen atoms in total. The fourth-order valence-electron chi connectivity index (χ4n) is 1.05. The Kier molecular flexibility index (Phi) is 3.50. The molecule has 0 fully saturated rings. The Labute approximate surface area is 79.7 Å². The van der Waals surface area contributed by atoms with E-state index in [0.717, 1.165) is 24.4 Å². The molecule has 0 saturated carbocycles. The van der Waals surface area contributed by atoms with Crippen LogP contribution in [0.1, 0.15) is 24.6 Å². The predicted octanol–water partition coefficient (Wildman–Crippen LogP) is 2.40. The molecule has 0 aliphatic heterocycles. The predicted molar refractivity (Wildman–Crippen MR) is 55.2 cm³/mol. The van der Waals surface area contributed by atoms with Gasteiger partial charge < -0.3 is 5.32 Å². The van der Waals surface area contributed by atoms with E-state index in [4.69, 9.17) is 0 Å². The molecule has 0 aliphatic carbocycles. The third-order valence-electron chi connectivity index (χ3n) is 2.07. The minimum Gasteiger partial charge on any atom is -0.385 e. The molecule has 0 saturated heterocycles. The van der Waals surface area contributed by atoms with Crippen molar-refractivity contribution in [3.63, 3.8) is 0 Å². The molecule has 0 amide bonds. The van der Waals surface area contributed by atoms with Gasteiger partial charge >= 0.3 is 0 Å². The molecular formula is C11H16N2. The van der Waals surface area contributed by atoms with E-state index < -0.39 is 0 Å². The maximum atomic E-state index is 4.21. The van der Waals surface area contributed by atoms with Gasteiger partial charge in [0, 0.05) is 24.1 Å². The maximum absolute atomic E-state index is 4.21. The van der Waals surface area contributed by atoms with Crippen LogP contribution in [0.5, 0.6) is 0 Å². The first-order valence-corrected chi connectivity index (χ1v) is 4.56. The Hall–Kier alpha value is -1.31. The van der Waals surface area contributed by atoms with Crippen LogP contribution in [0.4, 0.5) is 0 Å². The maximum Gasteiger partial charge on any atom is 0.0422 e. The molecule has 0 radical (unpaired) electrons. The fourth-order valence-corrected chi connectivity index (χ4v) is 1.05. The highest BCUT2D eigenvalue weighted by atomic mass is 14.9. The van der Waals surface area contributed by atoms with Crippen LogP contribution in [0.15, 0.2) is 30.6 Å². The van der Waals surface area contributed by atoms with Crippen molar-refractivity contribution < 1.29 is 0 Å². The molecule has 0 aromatic carbocycles. The second-order valence-corrected chi connectivity index (χ2v) is 3.06. The Bertz CT molecular complexity index is 292. The van der Waals surface area contributed by atoms with Crippen LogP contribution >= 0.6 is 0 Å². The average molecular weight is 176 g/mol. The van der Waals surface area contributed by atoms with Crippen LogP contribution in [0.2, 0.25) is 0 Å². The molecule has 0 atom stereocenters. The topological polar surface area (TPSA) is 24.9 Å². The second kappa shape index (κ2) is 4.65. The minimum atomic E-state index is 0.826. The average Bonchev–Trinajstić information content (AvgIpc) is 2.16. The number of hydrogen-bond donors (Lipinski definition) is 1. The summed E-state index contributed by atoms with van der Waals surface area (Å²) in [4.78, 5) is 4.21. The summed E-state index contributed by atoms with van der Waals surface area (Å²) in [6, 6.07) is 4.04. The van der Waals surface area contributed by atoms with Gasteiger partial charge in [-0.15, -0.1) is 0 Å². The van der Waals surface area contributed by atoms with E-state index in [2.05, 4.69) is 29.9 Å². The van der Waals surface area contributed by atoms with Crippen molar-refractivity contribution in [2.24, 2.45) is 0 Å². The molecule has 1 aromatic heterocycles. The van der Waals surface area contributed by atoms with Crippen molar-refractivity contribution in [2.75, 3.05) is 0 Å². The van der Waals surface area contributed by atoms with Gasteiger partial charge in [0.25, 0.3) is 0 Å². The second-order valence-electron chi connectivity index (χ2n) is 3.06. The summed E-state index contributed by atoms with van der Waals surface area (Å²) in [5, 5.41) is 3.25. The van der Waals surface area contributed by atoms with Crippen molar-refractivity contribution in [1.29, 1.82) is 0 Å². The molecular weight excluding hydrogens is 160 g/mol. The molecule has 1 aromatic rings. The van der Waals surface area contributed by atoms with Crippen molar-refractivity contribution >= 4 is 0 Å². The number of pyridine rings is 1. The quantitative estimate of drug-likeness (QED) is 0.762. The Balaban J connectivity index is 2.54. The number of aromatic nitrogens is 1. The van der Waals surface area contributed by atoms with Crippen LogP contribution in [0.3, 0.4) is 0 Å². The SMILES string of the molecule is C=C(CC)NCc1cccnc1C. The molecule has 0 bridgehead atoms. The molecule has 1 rings (SSSR count). The van der Waals surface area contributed by atoms with Gasteiger partial charge in [-0.05, 0) is 25.0 Å². The molecule has 13 heavy (non-hydrogen) atoms. The van der Waals surface area contributed by atoms with Crippen LogP contribution < -0.4 is 5.32 Å². The number of hydrogen-bond acceptors (Lipinski definition) is 2. The zero-order chi connectivity index (χ0) is 9.68. The summed E-state index contributed by atoms with van der Waals surface area (Å²) in [6.07, 6.45) is 2.78. The smallest absolute Gasteiger partial charge is 0.0422 e. The van der Waals surface area contributed by atoms with E-state index in [9.17, 15) is 0 Å². The first-order valence-electron chi connectivity index (χ1n) is 4.56. The lowest BCUT2D eigenvalue weighted by Crippen LogP contribution is -2.12. The lowest BCUT2D eigenvalue weighted by molar-refractivity contribution is 0.768. The van der Waals surface area contributed by atoms with Crippen molar-refractivity contribution in [3.8, 4) is 0 Å². The van der Waals surface area contributed by atoms with Gasteiger partial charge in [-0.1, -0.05) is 19.6 Å². The number of aryl methyl sites for hydroxylation is 1. The summed E-state index contributed by atoms with van der Waals surface area (Å²) in [7, 11) is 0. The lowest BCUT2D eigenvalue weighted by atomic mass is 10.2. The zero-order valence-electron chi connectivity index (χ0n) is 8.30. The van der Waals surface area contributed by atoms with Crippen molar-refractivity contribution in [1.82, 2.24) is 10.3 Å². The van der Waals surface area contributed by atoms with E-state index in [1.807, 2.05) is 19.2 Å². The molecule has 70 valence electrons. The molecule has 0 aliphatic rings. The summed E-state index contributed by atoms with van der Waals surface area (Å²) < 4.78 is 0. The van der Waals surface area contributed by atoms with Crippen molar-refractivity contribution in [3.05, 3.63) is 41.9 Å². The van der Waals surface area contributed by atoms with Gasteiger partial charge in [-0.3, -0.25) is 4.98 Å². The Morgan fingerprint density at radius 1 is 1.62 bits per heavy atom. The Morgan fingerprint density at radius 2 is 2.38 bits per heavy atom. The summed E-state index contributed by atoms with van der Waals surface area (Å²) in [6.45, 7) is 8.82. The molecule has 2 heteroatoms. The van der Waals surface area contributed by atoms with E-state index >= 15 is 0 Å². The largest absolute Gasteiger partial charge is 0.385 e. The zero-order valence-corrected chi connectivity index (χ0v) is 8.30. The summed E-state index contributed by atoms with van der Waals surface area (Å²) in [5.74, 6) is 0. The first kappa shape index (κ1) is 9.78. The van der Waals surface area contributed by atoms with E-state index in [-0.39, 0.29) is 0 Å². The highest BCUT2D eigenvalue weighted by Crippen LogP contribution is 2.04. The van der Waals surface area contributed by atoms with Gasteiger partial charge in [0.15, 0.2) is 0 Å². The Morgan fingerprint density at radius 3 is 3.00 bits per heavy atom. The van der Waals surface area contributed by atoms with Gasteiger partial charge in [-0.2, -0.15) is 0 Å². The first-order chi connectivity index (χ1) is 6.24. The minimum absolute atomic E-state index is 0.826. The molecule has 0 spiro atoms.